The van der Waals surface area contributed by atoms with E-state index in [0.29, 0.717) is 0 Å². The van der Waals surface area contributed by atoms with E-state index in [0.717, 1.165) is 27.8 Å². The van der Waals surface area contributed by atoms with Crippen molar-refractivity contribution in [3.63, 3.8) is 0 Å². The van der Waals surface area contributed by atoms with Gasteiger partial charge in [0.25, 0.3) is 0 Å². The minimum Gasteiger partial charge on any atom is -0.496 e. The number of hydrazine groups is 1. The first kappa shape index (κ1) is 13.9. The van der Waals surface area contributed by atoms with Gasteiger partial charge in [0.1, 0.15) is 12.1 Å². The number of ether oxygens (including phenoxy) is 1. The topological polar surface area (TPSA) is 73.1 Å². The van der Waals surface area contributed by atoms with Gasteiger partial charge in [-0.15, -0.1) is 0 Å². The lowest BCUT2D eigenvalue weighted by Gasteiger charge is -2.16. The molecular formula is C13H15BrN4O. The molecule has 1 atom stereocenters. The van der Waals surface area contributed by atoms with Crippen molar-refractivity contribution in [2.45, 2.75) is 12.5 Å². The van der Waals surface area contributed by atoms with Crippen LogP contribution in [0.3, 0.4) is 0 Å². The molecule has 3 N–H and O–H groups in total. The Bertz CT molecular complexity index is 535. The maximum Gasteiger partial charge on any atom is 0.133 e. The number of halogens is 1. The molecule has 1 unspecified atom stereocenters. The Labute approximate surface area is 120 Å². The van der Waals surface area contributed by atoms with Crippen molar-refractivity contribution in [3.05, 3.63) is 52.5 Å². The lowest BCUT2D eigenvalue weighted by atomic mass is 10.0. The van der Waals surface area contributed by atoms with E-state index in [1.807, 2.05) is 18.2 Å². The van der Waals surface area contributed by atoms with Gasteiger partial charge in [0.2, 0.25) is 0 Å². The Morgan fingerprint density at radius 2 is 2.11 bits per heavy atom. The summed E-state index contributed by atoms with van der Waals surface area (Å²) in [6, 6.07) is 5.93. The third kappa shape index (κ3) is 3.50. The molecule has 2 aromatic rings. The van der Waals surface area contributed by atoms with Crippen LogP contribution in [0.5, 0.6) is 5.75 Å². The number of nitrogens with two attached hydrogens (primary N) is 1. The predicted molar refractivity (Wildman–Crippen MR) is 76.5 cm³/mol. The van der Waals surface area contributed by atoms with Crippen LogP contribution in [-0.2, 0) is 6.42 Å². The van der Waals surface area contributed by atoms with Crippen LogP contribution < -0.4 is 16.0 Å². The molecule has 6 heteroatoms. The summed E-state index contributed by atoms with van der Waals surface area (Å²) in [4.78, 5) is 8.01. The van der Waals surface area contributed by atoms with E-state index in [1.54, 1.807) is 19.5 Å². The Hall–Kier alpha value is -1.50. The van der Waals surface area contributed by atoms with Gasteiger partial charge in [-0.1, -0.05) is 6.07 Å². The van der Waals surface area contributed by atoms with Crippen molar-refractivity contribution in [2.24, 2.45) is 5.84 Å². The molecule has 0 aliphatic heterocycles. The lowest BCUT2D eigenvalue weighted by molar-refractivity contribution is 0.412. The third-order valence-electron chi connectivity index (χ3n) is 2.84. The zero-order chi connectivity index (χ0) is 13.7. The Morgan fingerprint density at radius 1 is 1.37 bits per heavy atom. The fourth-order valence-corrected chi connectivity index (χ4v) is 2.42. The van der Waals surface area contributed by atoms with Crippen LogP contribution in [0.1, 0.15) is 17.2 Å². The standard InChI is InChI=1S/C13H15BrN4O/c1-19-13-3-2-9(4-11(13)14)5-12(18-15)10-6-16-8-17-7-10/h2-4,6-8,12,18H,5,15H2,1H3. The summed E-state index contributed by atoms with van der Waals surface area (Å²) < 4.78 is 6.13. The van der Waals surface area contributed by atoms with Crippen LogP contribution in [0.25, 0.3) is 0 Å². The quantitative estimate of drug-likeness (QED) is 0.650. The first-order valence-corrected chi connectivity index (χ1v) is 6.57. The van der Waals surface area contributed by atoms with Crippen LogP contribution in [0.4, 0.5) is 0 Å². The fourth-order valence-electron chi connectivity index (χ4n) is 1.84. The molecule has 5 nitrogen and oxygen atoms in total. The molecule has 1 heterocycles. The summed E-state index contributed by atoms with van der Waals surface area (Å²) in [7, 11) is 1.64. The normalized spacial score (nSPS) is 12.2. The van der Waals surface area contributed by atoms with Gasteiger partial charge < -0.3 is 4.74 Å². The molecule has 0 amide bonds. The molecule has 1 aromatic heterocycles. The van der Waals surface area contributed by atoms with Gasteiger partial charge in [0.15, 0.2) is 0 Å². The first-order chi connectivity index (χ1) is 9.24. The van der Waals surface area contributed by atoms with Gasteiger partial charge in [-0.05, 0) is 40.0 Å². The molecular weight excluding hydrogens is 308 g/mol. The van der Waals surface area contributed by atoms with E-state index in [-0.39, 0.29) is 6.04 Å². The van der Waals surface area contributed by atoms with Crippen molar-refractivity contribution in [1.29, 1.82) is 0 Å². The average molecular weight is 323 g/mol. The summed E-state index contributed by atoms with van der Waals surface area (Å²) in [6.45, 7) is 0. The van der Waals surface area contributed by atoms with Gasteiger partial charge in [0.05, 0.1) is 17.6 Å². The largest absolute Gasteiger partial charge is 0.496 e. The van der Waals surface area contributed by atoms with Crippen LogP contribution in [0, 0.1) is 0 Å². The third-order valence-corrected chi connectivity index (χ3v) is 3.46. The van der Waals surface area contributed by atoms with Crippen LogP contribution in [-0.4, -0.2) is 17.1 Å². The summed E-state index contributed by atoms with van der Waals surface area (Å²) in [5.74, 6) is 6.41. The number of hydrogen-bond donors (Lipinski definition) is 2. The highest BCUT2D eigenvalue weighted by molar-refractivity contribution is 9.10. The molecule has 0 saturated carbocycles. The molecule has 2 rings (SSSR count). The number of nitrogens with one attached hydrogen (secondary N) is 1. The van der Waals surface area contributed by atoms with Gasteiger partial charge in [-0.2, -0.15) is 0 Å². The fraction of sp³-hybridized carbons (Fsp3) is 0.231. The number of rotatable bonds is 5. The lowest BCUT2D eigenvalue weighted by Crippen LogP contribution is -2.29. The molecule has 0 spiro atoms. The Balaban J connectivity index is 2.17. The number of hydrogen-bond acceptors (Lipinski definition) is 5. The highest BCUT2D eigenvalue weighted by atomic mass is 79.9. The van der Waals surface area contributed by atoms with Crippen molar-refractivity contribution in [2.75, 3.05) is 7.11 Å². The monoisotopic (exact) mass is 322 g/mol. The SMILES string of the molecule is COc1ccc(CC(NN)c2cncnc2)cc1Br. The van der Waals surface area contributed by atoms with Crippen molar-refractivity contribution in [1.82, 2.24) is 15.4 Å². The molecule has 0 aliphatic rings. The molecule has 19 heavy (non-hydrogen) atoms. The molecule has 0 fully saturated rings. The van der Waals surface area contributed by atoms with E-state index in [1.165, 1.54) is 6.33 Å². The molecule has 0 saturated heterocycles. The summed E-state index contributed by atoms with van der Waals surface area (Å²) in [5.41, 5.74) is 4.88. The molecule has 0 bridgehead atoms. The average Bonchev–Trinajstić information content (AvgIpc) is 2.46. The summed E-state index contributed by atoms with van der Waals surface area (Å²) >= 11 is 3.47. The van der Waals surface area contributed by atoms with Crippen molar-refractivity contribution >= 4 is 15.9 Å². The highest BCUT2D eigenvalue weighted by Gasteiger charge is 2.12. The second-order valence-electron chi connectivity index (χ2n) is 4.06. The molecule has 0 aliphatic carbocycles. The van der Waals surface area contributed by atoms with Gasteiger partial charge in [-0.25, -0.2) is 9.97 Å². The van der Waals surface area contributed by atoms with Gasteiger partial charge in [-0.3, -0.25) is 11.3 Å². The van der Waals surface area contributed by atoms with Crippen molar-refractivity contribution in [3.8, 4) is 5.75 Å². The number of aromatic nitrogens is 2. The number of methoxy groups -OCH3 is 1. The second-order valence-corrected chi connectivity index (χ2v) is 4.92. The first-order valence-electron chi connectivity index (χ1n) is 5.78. The Morgan fingerprint density at radius 3 is 2.68 bits per heavy atom. The number of nitrogens with zero attached hydrogens (tertiary/aromatic N) is 2. The van der Waals surface area contributed by atoms with E-state index in [9.17, 15) is 0 Å². The summed E-state index contributed by atoms with van der Waals surface area (Å²) in [6.07, 6.45) is 5.76. The van der Waals surface area contributed by atoms with Crippen LogP contribution >= 0.6 is 15.9 Å². The second kappa shape index (κ2) is 6.60. The summed E-state index contributed by atoms with van der Waals surface area (Å²) in [5, 5.41) is 0. The minimum atomic E-state index is -0.0264. The predicted octanol–water partition coefficient (Wildman–Crippen LogP) is 1.99. The Kier molecular flexibility index (Phi) is 4.84. The van der Waals surface area contributed by atoms with E-state index < -0.39 is 0 Å². The van der Waals surface area contributed by atoms with E-state index in [4.69, 9.17) is 10.6 Å². The maximum atomic E-state index is 5.60. The number of benzene rings is 1. The molecule has 100 valence electrons. The van der Waals surface area contributed by atoms with Crippen molar-refractivity contribution < 1.29 is 4.74 Å². The van der Waals surface area contributed by atoms with Crippen LogP contribution in [0.2, 0.25) is 0 Å². The highest BCUT2D eigenvalue weighted by Crippen LogP contribution is 2.27. The molecule has 0 radical (unpaired) electrons. The smallest absolute Gasteiger partial charge is 0.133 e. The molecule has 1 aromatic carbocycles. The zero-order valence-corrected chi connectivity index (χ0v) is 12.1. The van der Waals surface area contributed by atoms with E-state index in [2.05, 4.69) is 31.3 Å². The van der Waals surface area contributed by atoms with Crippen LogP contribution in [0.15, 0.2) is 41.4 Å². The maximum absolute atomic E-state index is 5.60. The minimum absolute atomic E-state index is 0.0264. The van der Waals surface area contributed by atoms with Gasteiger partial charge >= 0.3 is 0 Å². The van der Waals surface area contributed by atoms with E-state index >= 15 is 0 Å². The van der Waals surface area contributed by atoms with Gasteiger partial charge in [0, 0.05) is 18.0 Å². The zero-order valence-electron chi connectivity index (χ0n) is 10.5.